The van der Waals surface area contributed by atoms with Gasteiger partial charge in [0.15, 0.2) is 5.70 Å². The molecule has 0 saturated carbocycles. The zero-order valence-corrected chi connectivity index (χ0v) is 11.4. The molecule has 0 unspecified atom stereocenters. The van der Waals surface area contributed by atoms with Crippen LogP contribution >= 0.6 is 11.3 Å². The molecule has 20 heavy (non-hydrogen) atoms. The Kier molecular flexibility index (Phi) is 3.30. The monoisotopic (exact) mass is 286 g/mol. The van der Waals surface area contributed by atoms with E-state index in [1.165, 1.54) is 18.4 Å². The number of esters is 1. The fraction of sp³-hybridized carbons (Fsp3) is 0.0714. The summed E-state index contributed by atoms with van der Waals surface area (Å²) >= 11 is 1.47. The van der Waals surface area contributed by atoms with Gasteiger partial charge >= 0.3 is 5.97 Å². The molecule has 6 heteroatoms. The highest BCUT2D eigenvalue weighted by atomic mass is 32.1. The third-order valence-corrected chi connectivity index (χ3v) is 3.45. The molecule has 0 amide bonds. The van der Waals surface area contributed by atoms with Gasteiger partial charge in [0, 0.05) is 6.07 Å². The van der Waals surface area contributed by atoms with E-state index in [4.69, 9.17) is 9.47 Å². The van der Waals surface area contributed by atoms with E-state index in [1.807, 2.05) is 17.5 Å². The second kappa shape index (κ2) is 5.26. The summed E-state index contributed by atoms with van der Waals surface area (Å²) < 4.78 is 10.2. The first-order chi connectivity index (χ1) is 9.76. The lowest BCUT2D eigenvalue weighted by atomic mass is 10.3. The molecule has 0 saturated heterocycles. The van der Waals surface area contributed by atoms with Gasteiger partial charge in [0.05, 0.1) is 17.7 Å². The van der Waals surface area contributed by atoms with Crippen LogP contribution in [0.3, 0.4) is 0 Å². The van der Waals surface area contributed by atoms with E-state index < -0.39 is 5.97 Å². The Bertz CT molecular complexity index is 705. The van der Waals surface area contributed by atoms with Crippen LogP contribution in [0.5, 0.6) is 5.88 Å². The minimum atomic E-state index is -0.474. The molecule has 0 spiro atoms. The molecule has 0 atom stereocenters. The maximum absolute atomic E-state index is 11.8. The van der Waals surface area contributed by atoms with Crippen molar-refractivity contribution >= 4 is 29.3 Å². The Hall–Kier alpha value is -2.47. The predicted octanol–water partition coefficient (Wildman–Crippen LogP) is 2.50. The molecule has 3 heterocycles. The number of aliphatic imine (C=N–C) groups is 1. The van der Waals surface area contributed by atoms with Crippen LogP contribution in [0, 0.1) is 0 Å². The molecule has 1 aliphatic rings. The van der Waals surface area contributed by atoms with Crippen molar-refractivity contribution in [2.24, 2.45) is 4.99 Å². The maximum Gasteiger partial charge on any atom is 0.363 e. The number of aromatic nitrogens is 1. The lowest BCUT2D eigenvalue weighted by Crippen LogP contribution is -2.03. The van der Waals surface area contributed by atoms with Gasteiger partial charge in [-0.15, -0.1) is 11.3 Å². The van der Waals surface area contributed by atoms with Crippen molar-refractivity contribution in [3.05, 3.63) is 52.0 Å². The van der Waals surface area contributed by atoms with E-state index in [-0.39, 0.29) is 5.70 Å². The van der Waals surface area contributed by atoms with Gasteiger partial charge in [0.1, 0.15) is 0 Å². The number of pyridine rings is 1. The largest absolute Gasteiger partial charge is 0.481 e. The maximum atomic E-state index is 11.8. The first-order valence-corrected chi connectivity index (χ1v) is 6.72. The number of ether oxygens (including phenoxy) is 2. The Morgan fingerprint density at radius 3 is 2.95 bits per heavy atom. The SMILES string of the molecule is COc1cccc(C=C2N=C(c3cccs3)OC2=O)n1. The molecule has 5 nitrogen and oxygen atoms in total. The summed E-state index contributed by atoms with van der Waals surface area (Å²) in [5, 5.41) is 1.90. The van der Waals surface area contributed by atoms with Gasteiger partial charge in [-0.1, -0.05) is 12.1 Å². The molecule has 0 aromatic carbocycles. The Morgan fingerprint density at radius 2 is 2.20 bits per heavy atom. The number of rotatable bonds is 3. The van der Waals surface area contributed by atoms with Gasteiger partial charge in [-0.05, 0) is 23.6 Å². The number of hydrogen-bond donors (Lipinski definition) is 0. The fourth-order valence-electron chi connectivity index (χ4n) is 1.68. The lowest BCUT2D eigenvalue weighted by molar-refractivity contribution is -0.129. The molecular weight excluding hydrogens is 276 g/mol. The summed E-state index contributed by atoms with van der Waals surface area (Å²) in [5.41, 5.74) is 0.821. The molecule has 1 aliphatic heterocycles. The third-order valence-electron chi connectivity index (χ3n) is 2.59. The highest BCUT2D eigenvalue weighted by Crippen LogP contribution is 2.21. The van der Waals surface area contributed by atoms with Crippen LogP contribution in [0.4, 0.5) is 0 Å². The molecule has 0 bridgehead atoms. The number of methoxy groups -OCH3 is 1. The summed E-state index contributed by atoms with van der Waals surface area (Å²) in [5.74, 6) is 0.338. The predicted molar refractivity (Wildman–Crippen MR) is 75.7 cm³/mol. The van der Waals surface area contributed by atoms with Gasteiger partial charge in [-0.2, -0.15) is 0 Å². The first-order valence-electron chi connectivity index (χ1n) is 5.84. The van der Waals surface area contributed by atoms with Gasteiger partial charge in [-0.25, -0.2) is 14.8 Å². The van der Waals surface area contributed by atoms with E-state index in [0.29, 0.717) is 17.5 Å². The highest BCUT2D eigenvalue weighted by molar-refractivity contribution is 7.12. The van der Waals surface area contributed by atoms with E-state index in [2.05, 4.69) is 9.98 Å². The molecule has 0 fully saturated rings. The quantitative estimate of drug-likeness (QED) is 0.642. The van der Waals surface area contributed by atoms with E-state index in [0.717, 1.165) is 4.88 Å². The number of thiophene rings is 1. The molecule has 0 radical (unpaired) electrons. The average Bonchev–Trinajstić information content (AvgIpc) is 3.10. The van der Waals surface area contributed by atoms with Crippen molar-refractivity contribution in [3.8, 4) is 5.88 Å². The van der Waals surface area contributed by atoms with Crippen LogP contribution < -0.4 is 4.74 Å². The molecular formula is C14H10N2O3S. The smallest absolute Gasteiger partial charge is 0.363 e. The first kappa shape index (κ1) is 12.6. The van der Waals surface area contributed by atoms with Crippen molar-refractivity contribution in [2.45, 2.75) is 0 Å². The number of carbonyl (C=O) groups is 1. The summed E-state index contributed by atoms with van der Waals surface area (Å²) in [4.78, 5) is 21.0. The normalized spacial score (nSPS) is 16.1. The minimum absolute atomic E-state index is 0.231. The Morgan fingerprint density at radius 1 is 1.30 bits per heavy atom. The number of hydrogen-bond acceptors (Lipinski definition) is 6. The van der Waals surface area contributed by atoms with E-state index >= 15 is 0 Å². The minimum Gasteiger partial charge on any atom is -0.481 e. The van der Waals surface area contributed by atoms with Crippen LogP contribution in [-0.4, -0.2) is 24.0 Å². The second-order valence-corrected chi connectivity index (χ2v) is 4.87. The molecule has 2 aromatic heterocycles. The van der Waals surface area contributed by atoms with E-state index in [9.17, 15) is 4.79 Å². The van der Waals surface area contributed by atoms with Gasteiger partial charge in [-0.3, -0.25) is 0 Å². The van der Waals surface area contributed by atoms with Crippen LogP contribution in [0.1, 0.15) is 10.6 Å². The summed E-state index contributed by atoms with van der Waals surface area (Å²) in [6.45, 7) is 0. The fourth-order valence-corrected chi connectivity index (χ4v) is 2.33. The Labute approximate surface area is 119 Å². The third kappa shape index (κ3) is 2.46. The summed E-state index contributed by atoms with van der Waals surface area (Å²) in [7, 11) is 1.54. The van der Waals surface area contributed by atoms with Gasteiger partial charge in [0.25, 0.3) is 0 Å². The summed E-state index contributed by atoms with van der Waals surface area (Å²) in [6.07, 6.45) is 1.57. The molecule has 0 N–H and O–H groups in total. The van der Waals surface area contributed by atoms with Crippen LogP contribution in [0.15, 0.2) is 46.4 Å². The molecule has 3 rings (SSSR count). The number of nitrogens with zero attached hydrogens (tertiary/aromatic N) is 2. The topological polar surface area (TPSA) is 60.8 Å². The van der Waals surface area contributed by atoms with Gasteiger partial charge in [0.2, 0.25) is 11.8 Å². The molecule has 2 aromatic rings. The molecule has 100 valence electrons. The second-order valence-electron chi connectivity index (χ2n) is 3.92. The molecule has 0 aliphatic carbocycles. The number of cyclic esters (lactones) is 1. The van der Waals surface area contributed by atoms with Crippen molar-refractivity contribution < 1.29 is 14.3 Å². The van der Waals surface area contributed by atoms with E-state index in [1.54, 1.807) is 24.3 Å². The van der Waals surface area contributed by atoms with Crippen molar-refractivity contribution in [1.29, 1.82) is 0 Å². The van der Waals surface area contributed by atoms with Crippen LogP contribution in [-0.2, 0) is 9.53 Å². The van der Waals surface area contributed by atoms with Crippen LogP contribution in [0.25, 0.3) is 6.08 Å². The standard InChI is InChI=1S/C14H10N2O3S/c1-18-12-6-2-4-9(15-12)8-10-14(17)19-13(16-10)11-5-3-7-20-11/h2-8H,1H3. The lowest BCUT2D eigenvalue weighted by Gasteiger charge is -1.98. The van der Waals surface area contributed by atoms with Gasteiger partial charge < -0.3 is 9.47 Å². The zero-order valence-electron chi connectivity index (χ0n) is 10.6. The van der Waals surface area contributed by atoms with Crippen molar-refractivity contribution in [3.63, 3.8) is 0 Å². The zero-order chi connectivity index (χ0) is 13.9. The highest BCUT2D eigenvalue weighted by Gasteiger charge is 2.24. The van der Waals surface area contributed by atoms with Crippen molar-refractivity contribution in [1.82, 2.24) is 4.98 Å². The Balaban J connectivity index is 1.93. The van der Waals surface area contributed by atoms with Crippen LogP contribution in [0.2, 0.25) is 0 Å². The van der Waals surface area contributed by atoms with Crippen molar-refractivity contribution in [2.75, 3.05) is 7.11 Å². The summed E-state index contributed by atoms with van der Waals surface area (Å²) in [6, 6.07) is 9.02. The average molecular weight is 286 g/mol. The number of carbonyl (C=O) groups excluding carboxylic acids is 1.